The van der Waals surface area contributed by atoms with Gasteiger partial charge in [-0.05, 0) is 67.0 Å². The second-order valence-corrected chi connectivity index (χ2v) is 8.07. The monoisotopic (exact) mass is 405 g/mol. The molecule has 1 aromatic carbocycles. The Morgan fingerprint density at radius 3 is 2.73 bits per heavy atom. The van der Waals surface area contributed by atoms with Crippen LogP contribution < -0.4 is 16.4 Å². The number of ether oxygens (including phenoxy) is 1. The fourth-order valence-electron chi connectivity index (χ4n) is 4.60. The van der Waals surface area contributed by atoms with E-state index in [1.165, 1.54) is 30.2 Å². The topological polar surface area (TPSA) is 96.0 Å². The first-order chi connectivity index (χ1) is 14.7. The highest BCUT2D eigenvalue weighted by Gasteiger charge is 2.25. The van der Waals surface area contributed by atoms with E-state index in [1.807, 2.05) is 19.3 Å². The van der Waals surface area contributed by atoms with Crippen LogP contribution in [0.1, 0.15) is 54.3 Å². The van der Waals surface area contributed by atoms with E-state index in [4.69, 9.17) is 15.9 Å². The Morgan fingerprint density at radius 2 is 2.03 bits per heavy atom. The number of benzene rings is 1. The third-order valence-corrected chi connectivity index (χ3v) is 6.20. The molecular weight excluding hydrogens is 374 g/mol. The second kappa shape index (κ2) is 9.41. The maximum Gasteiger partial charge on any atom is 0.131 e. The number of allylic oxidation sites excluding steroid dienone is 1. The Morgan fingerprint density at radius 1 is 1.20 bits per heavy atom. The summed E-state index contributed by atoms with van der Waals surface area (Å²) in [4.78, 5) is 4.42. The van der Waals surface area contributed by atoms with Crippen LogP contribution in [-0.2, 0) is 4.74 Å². The Kier molecular flexibility index (Phi) is 6.45. The number of pyridine rings is 1. The maximum absolute atomic E-state index is 7.73. The summed E-state index contributed by atoms with van der Waals surface area (Å²) >= 11 is 0. The fourth-order valence-corrected chi connectivity index (χ4v) is 4.60. The van der Waals surface area contributed by atoms with E-state index in [2.05, 4.69) is 33.8 Å². The molecular formula is C24H31N5O. The van der Waals surface area contributed by atoms with Gasteiger partial charge >= 0.3 is 0 Å². The summed E-state index contributed by atoms with van der Waals surface area (Å²) in [6.45, 7) is 2.77. The van der Waals surface area contributed by atoms with Gasteiger partial charge in [-0.25, -0.2) is 4.98 Å². The third-order valence-electron chi connectivity index (χ3n) is 6.20. The number of nitrogens with zero attached hydrogens (tertiary/aromatic N) is 1. The number of rotatable bonds is 6. The van der Waals surface area contributed by atoms with Gasteiger partial charge in [0.15, 0.2) is 0 Å². The Labute approximate surface area is 178 Å². The van der Waals surface area contributed by atoms with Crippen molar-refractivity contribution < 1.29 is 4.74 Å². The molecule has 3 heterocycles. The molecule has 0 amide bonds. The molecule has 0 bridgehead atoms. The molecule has 1 aromatic heterocycles. The van der Waals surface area contributed by atoms with Crippen molar-refractivity contribution in [2.75, 3.05) is 32.5 Å². The SMILES string of the molecule is CN/C=C(\C=N)c1cc(-c2ccc(C3CCOCC3)c([C@@H]3CCCN3)c2)cnc1N. The number of nitrogen functional groups attached to an aromatic ring is 1. The van der Waals surface area contributed by atoms with Crippen molar-refractivity contribution in [1.82, 2.24) is 15.6 Å². The molecule has 2 aromatic rings. The number of aromatic nitrogens is 1. The quantitative estimate of drug-likeness (QED) is 0.547. The van der Waals surface area contributed by atoms with Crippen LogP contribution >= 0.6 is 0 Å². The van der Waals surface area contributed by atoms with Gasteiger partial charge in [0, 0.05) is 61.6 Å². The van der Waals surface area contributed by atoms with Gasteiger partial charge in [0.25, 0.3) is 0 Å². The molecule has 6 nitrogen and oxygen atoms in total. The molecule has 2 fully saturated rings. The molecule has 2 aliphatic rings. The number of nitrogens with two attached hydrogens (primary N) is 1. The largest absolute Gasteiger partial charge is 0.393 e. The molecule has 0 unspecified atom stereocenters. The van der Waals surface area contributed by atoms with Gasteiger partial charge in [-0.3, -0.25) is 0 Å². The van der Waals surface area contributed by atoms with Gasteiger partial charge in [0.2, 0.25) is 0 Å². The zero-order valence-corrected chi connectivity index (χ0v) is 17.6. The van der Waals surface area contributed by atoms with Gasteiger partial charge in [0.05, 0.1) is 0 Å². The van der Waals surface area contributed by atoms with E-state index >= 15 is 0 Å². The maximum atomic E-state index is 7.73. The first kappa shape index (κ1) is 20.6. The van der Waals surface area contributed by atoms with Gasteiger partial charge in [-0.15, -0.1) is 0 Å². The summed E-state index contributed by atoms with van der Waals surface area (Å²) in [7, 11) is 1.81. The van der Waals surface area contributed by atoms with E-state index in [9.17, 15) is 0 Å². The van der Waals surface area contributed by atoms with Gasteiger partial charge in [-0.1, -0.05) is 12.1 Å². The van der Waals surface area contributed by atoms with Gasteiger partial charge < -0.3 is 26.5 Å². The smallest absolute Gasteiger partial charge is 0.131 e. The molecule has 2 saturated heterocycles. The zero-order valence-electron chi connectivity index (χ0n) is 17.6. The summed E-state index contributed by atoms with van der Waals surface area (Å²) < 4.78 is 5.59. The summed E-state index contributed by atoms with van der Waals surface area (Å²) in [6.07, 6.45) is 9.46. The van der Waals surface area contributed by atoms with Crippen LogP contribution in [0.25, 0.3) is 16.7 Å². The molecule has 0 spiro atoms. The lowest BCUT2D eigenvalue weighted by Crippen LogP contribution is -2.19. The van der Waals surface area contributed by atoms with Crippen molar-refractivity contribution in [1.29, 1.82) is 5.41 Å². The lowest BCUT2D eigenvalue weighted by molar-refractivity contribution is 0.0851. The zero-order chi connectivity index (χ0) is 20.9. The Bertz CT molecular complexity index is 927. The lowest BCUT2D eigenvalue weighted by Gasteiger charge is -2.27. The predicted octanol–water partition coefficient (Wildman–Crippen LogP) is 3.86. The normalized spacial score (nSPS) is 20.3. The highest BCUT2D eigenvalue weighted by molar-refractivity contribution is 6.10. The van der Waals surface area contributed by atoms with E-state index in [-0.39, 0.29) is 0 Å². The van der Waals surface area contributed by atoms with E-state index in [0.717, 1.165) is 49.3 Å². The first-order valence-corrected chi connectivity index (χ1v) is 10.8. The highest BCUT2D eigenvalue weighted by Crippen LogP contribution is 2.38. The summed E-state index contributed by atoms with van der Waals surface area (Å²) in [5, 5.41) is 14.4. The summed E-state index contributed by atoms with van der Waals surface area (Å²) in [5.41, 5.74) is 12.6. The van der Waals surface area contributed by atoms with Crippen LogP contribution in [-0.4, -0.2) is 38.0 Å². The summed E-state index contributed by atoms with van der Waals surface area (Å²) in [5.74, 6) is 0.994. The second-order valence-electron chi connectivity index (χ2n) is 8.07. The number of hydrogen-bond acceptors (Lipinski definition) is 6. The third kappa shape index (κ3) is 4.25. The highest BCUT2D eigenvalue weighted by atomic mass is 16.5. The molecule has 30 heavy (non-hydrogen) atoms. The number of hydrogen-bond donors (Lipinski definition) is 4. The molecule has 5 N–H and O–H groups in total. The van der Waals surface area contributed by atoms with Crippen molar-refractivity contribution in [2.45, 2.75) is 37.6 Å². The van der Waals surface area contributed by atoms with Crippen LogP contribution in [0, 0.1) is 5.41 Å². The Hall–Kier alpha value is -2.70. The minimum Gasteiger partial charge on any atom is -0.393 e. The molecule has 0 saturated carbocycles. The Balaban J connectivity index is 1.75. The van der Waals surface area contributed by atoms with Crippen molar-refractivity contribution >= 4 is 17.6 Å². The fraction of sp³-hybridized carbons (Fsp3) is 0.417. The van der Waals surface area contributed by atoms with Crippen molar-refractivity contribution in [3.63, 3.8) is 0 Å². The van der Waals surface area contributed by atoms with E-state index < -0.39 is 0 Å². The average Bonchev–Trinajstić information content (AvgIpc) is 3.33. The van der Waals surface area contributed by atoms with Crippen molar-refractivity contribution in [3.8, 4) is 11.1 Å². The van der Waals surface area contributed by atoms with E-state index in [0.29, 0.717) is 23.4 Å². The number of anilines is 1. The molecule has 0 radical (unpaired) electrons. The molecule has 2 aliphatic heterocycles. The van der Waals surface area contributed by atoms with Gasteiger partial charge in [-0.2, -0.15) is 0 Å². The van der Waals surface area contributed by atoms with Crippen molar-refractivity contribution in [3.05, 3.63) is 53.4 Å². The van der Waals surface area contributed by atoms with E-state index in [1.54, 1.807) is 6.20 Å². The first-order valence-electron chi connectivity index (χ1n) is 10.8. The van der Waals surface area contributed by atoms with Crippen LogP contribution in [0.3, 0.4) is 0 Å². The minimum atomic E-state index is 0.408. The molecule has 158 valence electrons. The standard InChI is InChI=1S/C24H31N5O/c1-27-14-19(13-25)21-12-18(15-29-24(21)26)17-4-5-20(16-6-9-30-10-7-16)22(11-17)23-3-2-8-28-23/h4-5,11-16,23,25,27-28H,2-3,6-10H2,1H3,(H2,26,29)/b19-14+,25-13?/t23-/m0/s1. The lowest BCUT2D eigenvalue weighted by atomic mass is 9.84. The number of nitrogens with one attached hydrogen (secondary N) is 3. The molecule has 0 aliphatic carbocycles. The summed E-state index contributed by atoms with van der Waals surface area (Å²) in [6, 6.07) is 9.28. The molecule has 6 heteroatoms. The van der Waals surface area contributed by atoms with Crippen LogP contribution in [0.15, 0.2) is 36.7 Å². The van der Waals surface area contributed by atoms with Gasteiger partial charge in [0.1, 0.15) is 5.82 Å². The van der Waals surface area contributed by atoms with Crippen LogP contribution in [0.2, 0.25) is 0 Å². The molecule has 4 rings (SSSR count). The van der Waals surface area contributed by atoms with Crippen molar-refractivity contribution in [2.24, 2.45) is 0 Å². The van der Waals surface area contributed by atoms with Crippen LogP contribution in [0.4, 0.5) is 5.82 Å². The minimum absolute atomic E-state index is 0.408. The average molecular weight is 406 g/mol. The molecule has 1 atom stereocenters. The predicted molar refractivity (Wildman–Crippen MR) is 123 cm³/mol. The van der Waals surface area contributed by atoms with Crippen LogP contribution in [0.5, 0.6) is 0 Å².